The second-order valence-electron chi connectivity index (χ2n) is 11.5. The van der Waals surface area contributed by atoms with E-state index in [-0.39, 0.29) is 12.5 Å². The minimum absolute atomic E-state index is 0.289. The number of halogens is 2. The van der Waals surface area contributed by atoms with Gasteiger partial charge in [-0.25, -0.2) is 13.6 Å². The Kier molecular flexibility index (Phi) is 8.40. The van der Waals surface area contributed by atoms with Crippen molar-refractivity contribution in [2.24, 2.45) is 0 Å². The van der Waals surface area contributed by atoms with Crippen LogP contribution in [0.5, 0.6) is 0 Å². The number of ether oxygens (including phenoxy) is 1. The molecule has 1 N–H and O–H groups in total. The molecule has 1 fully saturated rings. The van der Waals surface area contributed by atoms with Gasteiger partial charge in [-0.2, -0.15) is 0 Å². The number of amides is 1. The molecular weight excluding hydrogens is 486 g/mol. The van der Waals surface area contributed by atoms with E-state index in [2.05, 4.69) is 27.0 Å². The third kappa shape index (κ3) is 6.90. The second kappa shape index (κ2) is 11.4. The molecule has 4 rings (SSSR count). The highest BCUT2D eigenvalue weighted by molar-refractivity contribution is 5.91. The number of carbonyl (C=O) groups excluding carboxylic acids is 1. The van der Waals surface area contributed by atoms with Gasteiger partial charge < -0.3 is 19.5 Å². The van der Waals surface area contributed by atoms with Crippen molar-refractivity contribution in [3.63, 3.8) is 0 Å². The van der Waals surface area contributed by atoms with Crippen LogP contribution in [0.4, 0.5) is 13.6 Å². The van der Waals surface area contributed by atoms with Crippen LogP contribution in [0.3, 0.4) is 0 Å². The molecule has 1 aliphatic heterocycles. The summed E-state index contributed by atoms with van der Waals surface area (Å²) in [6.45, 7) is 12.7. The predicted octanol–water partition coefficient (Wildman–Crippen LogP) is 6.70. The number of rotatable bonds is 7. The molecule has 1 saturated heterocycles. The van der Waals surface area contributed by atoms with E-state index in [1.807, 2.05) is 52.8 Å². The molecule has 38 heavy (non-hydrogen) atoms. The third-order valence-corrected chi connectivity index (χ3v) is 7.17. The van der Waals surface area contributed by atoms with E-state index < -0.39 is 12.0 Å². The van der Waals surface area contributed by atoms with Gasteiger partial charge in [0.2, 0.25) is 6.43 Å². The lowest BCUT2D eigenvalue weighted by atomic mass is 9.88. The van der Waals surface area contributed by atoms with Gasteiger partial charge in [0.25, 0.3) is 0 Å². The van der Waals surface area contributed by atoms with Crippen LogP contribution in [-0.4, -0.2) is 71.1 Å². The van der Waals surface area contributed by atoms with E-state index in [4.69, 9.17) is 4.74 Å². The van der Waals surface area contributed by atoms with E-state index in [9.17, 15) is 13.6 Å². The Bertz CT molecular complexity index is 1250. The first-order valence-corrected chi connectivity index (χ1v) is 13.4. The quantitative estimate of drug-likeness (QED) is 0.372. The maximum atomic E-state index is 13.7. The summed E-state index contributed by atoms with van der Waals surface area (Å²) in [4.78, 5) is 24.1. The van der Waals surface area contributed by atoms with Gasteiger partial charge in [-0.1, -0.05) is 6.07 Å². The number of benzene rings is 1. The molecule has 0 aliphatic carbocycles. The number of aromatic amines is 1. The van der Waals surface area contributed by atoms with Crippen molar-refractivity contribution in [2.45, 2.75) is 71.8 Å². The number of nitrogens with one attached hydrogen (secondary N) is 1. The van der Waals surface area contributed by atoms with Crippen LogP contribution >= 0.6 is 0 Å². The molecule has 2 aromatic heterocycles. The summed E-state index contributed by atoms with van der Waals surface area (Å²) in [6.07, 6.45) is -1.04. The lowest BCUT2D eigenvalue weighted by Gasteiger charge is -2.33. The highest BCUT2D eigenvalue weighted by Crippen LogP contribution is 2.36. The summed E-state index contributed by atoms with van der Waals surface area (Å²) in [7, 11) is 1.77. The normalized spacial score (nSPS) is 15.4. The Morgan fingerprint density at radius 3 is 2.42 bits per heavy atom. The van der Waals surface area contributed by atoms with Crippen molar-refractivity contribution in [2.75, 3.05) is 33.2 Å². The monoisotopic (exact) mass is 526 g/mol. The van der Waals surface area contributed by atoms with Crippen molar-refractivity contribution in [3.05, 3.63) is 52.8 Å². The zero-order valence-corrected chi connectivity index (χ0v) is 23.4. The van der Waals surface area contributed by atoms with Crippen LogP contribution in [-0.2, 0) is 11.2 Å². The Morgan fingerprint density at radius 1 is 1.16 bits per heavy atom. The number of H-pyrrole nitrogens is 1. The topological polar surface area (TPSA) is 61.5 Å². The summed E-state index contributed by atoms with van der Waals surface area (Å²) in [6, 6.07) is 10.2. The molecular formula is C30H40F2N4O2. The maximum absolute atomic E-state index is 13.7. The summed E-state index contributed by atoms with van der Waals surface area (Å²) in [5.74, 6) is 0.377. The highest BCUT2D eigenvalue weighted by atomic mass is 19.3. The minimum atomic E-state index is -2.43. The molecule has 3 aromatic rings. The van der Waals surface area contributed by atoms with Crippen molar-refractivity contribution in [1.82, 2.24) is 19.8 Å². The zero-order chi connectivity index (χ0) is 27.6. The molecule has 8 heteroatoms. The molecule has 6 nitrogen and oxygen atoms in total. The first kappa shape index (κ1) is 28.0. The number of hydrogen-bond donors (Lipinski definition) is 1. The summed E-state index contributed by atoms with van der Waals surface area (Å²) >= 11 is 0. The van der Waals surface area contributed by atoms with E-state index in [0.29, 0.717) is 18.0 Å². The van der Waals surface area contributed by atoms with Gasteiger partial charge in [0.05, 0.1) is 5.69 Å². The van der Waals surface area contributed by atoms with Gasteiger partial charge in [-0.3, -0.25) is 4.98 Å². The van der Waals surface area contributed by atoms with Crippen LogP contribution in [0.25, 0.3) is 22.2 Å². The van der Waals surface area contributed by atoms with Crippen molar-refractivity contribution in [3.8, 4) is 11.3 Å². The molecule has 3 heterocycles. The Morgan fingerprint density at radius 2 is 1.82 bits per heavy atom. The first-order chi connectivity index (χ1) is 17.9. The minimum Gasteiger partial charge on any atom is -0.444 e. The van der Waals surface area contributed by atoms with Gasteiger partial charge in [-0.05, 0) is 102 Å². The van der Waals surface area contributed by atoms with Crippen LogP contribution in [0.15, 0.2) is 30.3 Å². The molecule has 1 amide bonds. The number of piperidine rings is 1. The van der Waals surface area contributed by atoms with Crippen LogP contribution in [0.1, 0.15) is 62.0 Å². The van der Waals surface area contributed by atoms with E-state index in [0.717, 1.165) is 66.0 Å². The summed E-state index contributed by atoms with van der Waals surface area (Å²) in [5.41, 5.74) is 5.64. The molecule has 206 valence electrons. The Labute approximate surface area is 224 Å². The molecule has 0 unspecified atom stereocenters. The Hall–Kier alpha value is -3.00. The second-order valence-corrected chi connectivity index (χ2v) is 11.5. The number of carbonyl (C=O) groups is 1. The summed E-state index contributed by atoms with van der Waals surface area (Å²) in [5, 5.41) is 0.881. The lowest BCUT2D eigenvalue weighted by Crippen LogP contribution is -2.41. The fourth-order valence-corrected chi connectivity index (χ4v) is 5.32. The fraction of sp³-hybridized carbons (Fsp3) is 0.533. The van der Waals surface area contributed by atoms with Gasteiger partial charge in [-0.15, -0.1) is 0 Å². The van der Waals surface area contributed by atoms with Crippen molar-refractivity contribution < 1.29 is 18.3 Å². The van der Waals surface area contributed by atoms with E-state index in [1.165, 1.54) is 5.56 Å². The number of pyridine rings is 1. The maximum Gasteiger partial charge on any atom is 0.410 e. The number of hydrogen-bond acceptors (Lipinski definition) is 4. The van der Waals surface area contributed by atoms with Gasteiger partial charge in [0, 0.05) is 54.4 Å². The standard InChI is InChI=1S/C30H40F2N4O2/c1-19-15-23(16-20(2)33-19)28-25(18-27(31)32)24-17-22(7-8-26(24)34-28)21-9-11-36(12-10-21)14-13-35(6)29(37)38-30(3,4)5/h7-8,15-17,21,27,34H,9-14,18H2,1-6H3. The molecule has 1 aliphatic rings. The molecule has 0 saturated carbocycles. The molecule has 0 bridgehead atoms. The van der Waals surface area contributed by atoms with E-state index in [1.54, 1.807) is 11.9 Å². The van der Waals surface area contributed by atoms with Crippen molar-refractivity contribution >= 4 is 17.0 Å². The first-order valence-electron chi connectivity index (χ1n) is 13.4. The highest BCUT2D eigenvalue weighted by Gasteiger charge is 2.24. The average Bonchev–Trinajstić information content (AvgIpc) is 3.18. The smallest absolute Gasteiger partial charge is 0.410 e. The fourth-order valence-electron chi connectivity index (χ4n) is 5.32. The predicted molar refractivity (Wildman–Crippen MR) is 148 cm³/mol. The number of likely N-dealkylation sites (N-methyl/N-ethyl adjacent to an activating group) is 1. The van der Waals surface area contributed by atoms with Gasteiger partial charge >= 0.3 is 6.09 Å². The van der Waals surface area contributed by atoms with Gasteiger partial charge in [0.15, 0.2) is 0 Å². The Balaban J connectivity index is 1.46. The van der Waals surface area contributed by atoms with E-state index >= 15 is 0 Å². The average molecular weight is 527 g/mol. The number of nitrogens with zero attached hydrogens (tertiary/aromatic N) is 3. The van der Waals surface area contributed by atoms with Crippen LogP contribution in [0.2, 0.25) is 0 Å². The number of aryl methyl sites for hydroxylation is 2. The third-order valence-electron chi connectivity index (χ3n) is 7.17. The number of alkyl halides is 2. The zero-order valence-electron chi connectivity index (χ0n) is 23.4. The van der Waals surface area contributed by atoms with Crippen LogP contribution < -0.4 is 0 Å². The molecule has 0 atom stereocenters. The molecule has 0 spiro atoms. The number of fused-ring (bicyclic) bond motifs is 1. The van der Waals surface area contributed by atoms with Crippen LogP contribution in [0, 0.1) is 13.8 Å². The molecule has 1 aromatic carbocycles. The lowest BCUT2D eigenvalue weighted by molar-refractivity contribution is 0.0278. The van der Waals surface area contributed by atoms with Gasteiger partial charge in [0.1, 0.15) is 5.60 Å². The number of aromatic nitrogens is 2. The summed E-state index contributed by atoms with van der Waals surface area (Å²) < 4.78 is 32.8. The number of likely N-dealkylation sites (tertiary alicyclic amines) is 1. The van der Waals surface area contributed by atoms with Crippen molar-refractivity contribution in [1.29, 1.82) is 0 Å². The largest absolute Gasteiger partial charge is 0.444 e. The molecule has 0 radical (unpaired) electrons. The SMILES string of the molecule is Cc1cc(-c2[nH]c3ccc(C4CCN(CCN(C)C(=O)OC(C)(C)C)CC4)cc3c2CC(F)F)cc(C)n1.